The number of hydrogen-bond acceptors (Lipinski definition) is 1. The van der Waals surface area contributed by atoms with E-state index >= 15 is 0 Å². The van der Waals surface area contributed by atoms with Gasteiger partial charge in [-0.1, -0.05) is 54.6 Å². The summed E-state index contributed by atoms with van der Waals surface area (Å²) in [6.07, 6.45) is 6.41. The van der Waals surface area contributed by atoms with E-state index in [0.29, 0.717) is 0 Å². The van der Waals surface area contributed by atoms with Crippen molar-refractivity contribution >= 4 is 28.6 Å². The van der Waals surface area contributed by atoms with Crippen LogP contribution in [0.1, 0.15) is 25.0 Å². The minimum atomic E-state index is 1.02. The first-order chi connectivity index (χ1) is 12.2. The van der Waals surface area contributed by atoms with Gasteiger partial charge in [0.25, 0.3) is 0 Å². The average molecular weight is 326 g/mol. The lowest BCUT2D eigenvalue weighted by Gasteiger charge is -2.12. The van der Waals surface area contributed by atoms with Gasteiger partial charge in [0.15, 0.2) is 0 Å². The number of fused-ring (bicyclic) bond motifs is 3. The van der Waals surface area contributed by atoms with Crippen molar-refractivity contribution < 1.29 is 0 Å². The first-order valence-corrected chi connectivity index (χ1v) is 8.74. The molecule has 2 heteroatoms. The summed E-state index contributed by atoms with van der Waals surface area (Å²) in [5.74, 6) is 0. The third kappa shape index (κ3) is 2.21. The molecule has 25 heavy (non-hydrogen) atoms. The van der Waals surface area contributed by atoms with Gasteiger partial charge in [0.1, 0.15) is 5.65 Å². The Bertz CT molecular complexity index is 1210. The quantitative estimate of drug-likeness (QED) is 0.508. The Morgan fingerprint density at radius 3 is 2.16 bits per heavy atom. The number of pyridine rings is 1. The maximum absolute atomic E-state index is 4.82. The van der Waals surface area contributed by atoms with E-state index in [1.807, 2.05) is 6.20 Å². The van der Waals surface area contributed by atoms with Crippen molar-refractivity contribution in [2.75, 3.05) is 0 Å². The monoisotopic (exact) mass is 326 g/mol. The average Bonchev–Trinajstić information content (AvgIpc) is 3.05. The highest BCUT2D eigenvalue weighted by molar-refractivity contribution is 5.95. The van der Waals surface area contributed by atoms with Crippen LogP contribution in [0.5, 0.6) is 0 Å². The third-order valence-electron chi connectivity index (χ3n) is 5.04. The summed E-state index contributed by atoms with van der Waals surface area (Å²) in [5, 5.41) is 4.91. The first kappa shape index (κ1) is 15.6. The highest BCUT2D eigenvalue weighted by Gasteiger charge is 2.14. The van der Waals surface area contributed by atoms with Crippen molar-refractivity contribution in [3.63, 3.8) is 0 Å². The molecule has 0 fully saturated rings. The molecule has 0 atom stereocenters. The number of imidazole rings is 1. The first-order valence-electron chi connectivity index (χ1n) is 8.74. The molecule has 0 saturated carbocycles. The van der Waals surface area contributed by atoms with Gasteiger partial charge >= 0.3 is 0 Å². The Morgan fingerprint density at radius 2 is 1.52 bits per heavy atom. The molecule has 0 radical (unpaired) electrons. The zero-order chi connectivity index (χ0) is 17.6. The number of aryl methyl sites for hydroxylation is 2. The van der Waals surface area contributed by atoms with Gasteiger partial charge in [-0.15, -0.1) is 0 Å². The molecule has 0 saturated heterocycles. The second kappa shape index (κ2) is 5.89. The number of aromatic nitrogens is 2. The molecular formula is C23H22N2. The lowest BCUT2D eigenvalue weighted by molar-refractivity contribution is 1.12. The Labute approximate surface area is 147 Å². The number of rotatable bonds is 1. The molecule has 4 rings (SSSR count). The van der Waals surface area contributed by atoms with Gasteiger partial charge < -0.3 is 0 Å². The zero-order valence-corrected chi connectivity index (χ0v) is 15.2. The lowest BCUT2D eigenvalue weighted by atomic mass is 10.0. The van der Waals surface area contributed by atoms with Gasteiger partial charge in [-0.25, -0.2) is 4.98 Å². The third-order valence-corrected chi connectivity index (χ3v) is 5.04. The van der Waals surface area contributed by atoms with Gasteiger partial charge in [-0.05, 0) is 44.2 Å². The topological polar surface area (TPSA) is 17.3 Å². The standard InChI is InChI=1S/C23H22N2/c1-5-17-18-12-7-8-13-19(18)23-24-14-21(25(23)20(17)6-2)22-15(3)10-9-11-16(22)4/h5-14H,1-4H3/b17-5-,20-6+. The molecule has 0 N–H and O–H groups in total. The van der Waals surface area contributed by atoms with Crippen LogP contribution in [0.3, 0.4) is 0 Å². The fraction of sp³-hybridized carbons (Fsp3) is 0.174. The van der Waals surface area contributed by atoms with Crippen molar-refractivity contribution in [1.29, 1.82) is 0 Å². The van der Waals surface area contributed by atoms with Crippen LogP contribution in [-0.4, -0.2) is 9.38 Å². The number of benzene rings is 2. The van der Waals surface area contributed by atoms with Crippen LogP contribution in [0, 0.1) is 13.8 Å². The molecule has 0 aliphatic heterocycles. The minimum absolute atomic E-state index is 1.02. The normalized spacial score (nSPS) is 13.3. The van der Waals surface area contributed by atoms with Gasteiger partial charge in [-0.2, -0.15) is 0 Å². The van der Waals surface area contributed by atoms with Crippen LogP contribution in [0.4, 0.5) is 0 Å². The lowest BCUT2D eigenvalue weighted by Crippen LogP contribution is -2.32. The van der Waals surface area contributed by atoms with Gasteiger partial charge in [0, 0.05) is 16.2 Å². The second-order valence-electron chi connectivity index (χ2n) is 6.49. The largest absolute Gasteiger partial charge is 0.292 e. The van der Waals surface area contributed by atoms with Crippen molar-refractivity contribution in [2.45, 2.75) is 27.7 Å². The maximum Gasteiger partial charge on any atom is 0.145 e. The predicted octanol–water partition coefficient (Wildman–Crippen LogP) is 4.37. The second-order valence-corrected chi connectivity index (χ2v) is 6.49. The Balaban J connectivity index is 2.31. The predicted molar refractivity (Wildman–Crippen MR) is 107 cm³/mol. The van der Waals surface area contributed by atoms with E-state index in [-0.39, 0.29) is 0 Å². The van der Waals surface area contributed by atoms with Gasteiger partial charge in [0.05, 0.1) is 17.2 Å². The van der Waals surface area contributed by atoms with E-state index < -0.39 is 0 Å². The van der Waals surface area contributed by atoms with Crippen molar-refractivity contribution in [2.24, 2.45) is 0 Å². The molecule has 2 nitrogen and oxygen atoms in total. The Hall–Kier alpha value is -2.87. The summed E-state index contributed by atoms with van der Waals surface area (Å²) >= 11 is 0. The fourth-order valence-corrected chi connectivity index (χ4v) is 3.94. The minimum Gasteiger partial charge on any atom is -0.292 e. The van der Waals surface area contributed by atoms with Crippen LogP contribution in [0.25, 0.3) is 39.8 Å². The van der Waals surface area contributed by atoms with E-state index in [9.17, 15) is 0 Å². The summed E-state index contributed by atoms with van der Waals surface area (Å²) in [6, 6.07) is 15.0. The SMILES string of the molecule is C/C=c1\c(=C/C)n2c(-c3c(C)cccc3C)cnc2c2ccccc12. The summed E-state index contributed by atoms with van der Waals surface area (Å²) in [5.41, 5.74) is 6.01. The summed E-state index contributed by atoms with van der Waals surface area (Å²) in [6.45, 7) is 8.55. The number of nitrogens with zero attached hydrogens (tertiary/aromatic N) is 2. The zero-order valence-electron chi connectivity index (χ0n) is 15.2. The van der Waals surface area contributed by atoms with Crippen LogP contribution < -0.4 is 10.6 Å². The molecule has 2 aromatic carbocycles. The Morgan fingerprint density at radius 1 is 0.840 bits per heavy atom. The van der Waals surface area contributed by atoms with Gasteiger partial charge in [-0.3, -0.25) is 4.40 Å². The maximum atomic E-state index is 4.82. The molecule has 0 spiro atoms. The van der Waals surface area contributed by atoms with Crippen LogP contribution in [0.2, 0.25) is 0 Å². The molecule has 2 heterocycles. The molecule has 124 valence electrons. The molecule has 0 aliphatic rings. The van der Waals surface area contributed by atoms with Crippen LogP contribution in [-0.2, 0) is 0 Å². The van der Waals surface area contributed by atoms with E-state index in [0.717, 1.165) is 11.3 Å². The van der Waals surface area contributed by atoms with Crippen molar-refractivity contribution in [3.8, 4) is 11.3 Å². The summed E-state index contributed by atoms with van der Waals surface area (Å²) in [4.78, 5) is 4.82. The molecular weight excluding hydrogens is 304 g/mol. The summed E-state index contributed by atoms with van der Waals surface area (Å²) < 4.78 is 2.31. The Kier molecular flexibility index (Phi) is 3.69. The summed E-state index contributed by atoms with van der Waals surface area (Å²) in [7, 11) is 0. The van der Waals surface area contributed by atoms with Crippen LogP contribution in [0.15, 0.2) is 48.7 Å². The van der Waals surface area contributed by atoms with E-state index in [1.54, 1.807) is 0 Å². The smallest absolute Gasteiger partial charge is 0.145 e. The molecule has 0 bridgehead atoms. The highest BCUT2D eigenvalue weighted by Crippen LogP contribution is 2.28. The van der Waals surface area contributed by atoms with Crippen LogP contribution >= 0.6 is 0 Å². The number of hydrogen-bond donors (Lipinski definition) is 0. The van der Waals surface area contributed by atoms with Gasteiger partial charge in [0.2, 0.25) is 0 Å². The molecule has 0 aliphatic carbocycles. The van der Waals surface area contributed by atoms with E-state index in [4.69, 9.17) is 4.98 Å². The molecule has 2 aromatic heterocycles. The highest BCUT2D eigenvalue weighted by atomic mass is 15.0. The van der Waals surface area contributed by atoms with E-state index in [2.05, 4.69) is 86.7 Å². The molecule has 0 unspecified atom stereocenters. The van der Waals surface area contributed by atoms with Crippen molar-refractivity contribution in [3.05, 3.63) is 70.4 Å². The molecule has 4 aromatic rings. The molecule has 0 amide bonds. The van der Waals surface area contributed by atoms with Crippen molar-refractivity contribution in [1.82, 2.24) is 9.38 Å². The fourth-order valence-electron chi connectivity index (χ4n) is 3.94. The van der Waals surface area contributed by atoms with E-state index in [1.165, 1.54) is 38.0 Å².